The number of thiophene rings is 1. The zero-order valence-electron chi connectivity index (χ0n) is 17.7. The molecule has 8 nitrogen and oxygen atoms in total. The van der Waals surface area contributed by atoms with Crippen LogP contribution in [-0.4, -0.2) is 45.2 Å². The monoisotopic (exact) mass is 478 g/mol. The van der Waals surface area contributed by atoms with Crippen molar-refractivity contribution in [1.29, 1.82) is 0 Å². The molecule has 2 fully saturated rings. The number of rotatable bonds is 6. The van der Waals surface area contributed by atoms with Crippen LogP contribution >= 0.6 is 23.1 Å². The zero-order valence-corrected chi connectivity index (χ0v) is 19.4. The summed E-state index contributed by atoms with van der Waals surface area (Å²) in [6.45, 7) is 2.42. The molecule has 10 heteroatoms. The van der Waals surface area contributed by atoms with E-state index in [0.717, 1.165) is 61.2 Å². The molecular formula is C23H22N6O2S2. The van der Waals surface area contributed by atoms with Crippen molar-refractivity contribution in [2.45, 2.75) is 25.4 Å². The average molecular weight is 479 g/mol. The van der Waals surface area contributed by atoms with E-state index in [-0.39, 0.29) is 11.1 Å². The van der Waals surface area contributed by atoms with Crippen LogP contribution in [0.3, 0.4) is 0 Å². The Kier molecular flexibility index (Phi) is 6.47. The molecule has 0 radical (unpaired) electrons. The number of hydrogen-bond donors (Lipinski definition) is 2. The first-order valence-electron chi connectivity index (χ1n) is 10.7. The molecule has 0 saturated carbocycles. The van der Waals surface area contributed by atoms with Crippen LogP contribution in [0.25, 0.3) is 17.3 Å². The summed E-state index contributed by atoms with van der Waals surface area (Å²) in [5, 5.41) is 9.71. The predicted molar refractivity (Wildman–Crippen MR) is 131 cm³/mol. The third kappa shape index (κ3) is 5.29. The average Bonchev–Trinajstić information content (AvgIpc) is 3.48. The number of anilines is 1. The smallest absolute Gasteiger partial charge is 0.290 e. The van der Waals surface area contributed by atoms with Gasteiger partial charge in [0.1, 0.15) is 0 Å². The number of aromatic nitrogens is 3. The highest BCUT2D eigenvalue weighted by molar-refractivity contribution is 8.18. The predicted octanol–water partition coefficient (Wildman–Crippen LogP) is 3.68. The largest absolute Gasteiger partial charge is 0.341 e. The molecule has 0 atom stereocenters. The van der Waals surface area contributed by atoms with E-state index in [1.807, 2.05) is 6.07 Å². The van der Waals surface area contributed by atoms with Crippen LogP contribution in [0.1, 0.15) is 24.2 Å². The number of piperidine rings is 1. The van der Waals surface area contributed by atoms with Crippen LogP contribution in [-0.2, 0) is 11.3 Å². The van der Waals surface area contributed by atoms with E-state index < -0.39 is 0 Å². The van der Waals surface area contributed by atoms with Crippen molar-refractivity contribution in [3.63, 3.8) is 0 Å². The van der Waals surface area contributed by atoms with Crippen LogP contribution < -0.4 is 15.5 Å². The van der Waals surface area contributed by atoms with Gasteiger partial charge in [-0.2, -0.15) is 11.3 Å². The number of nitrogens with one attached hydrogen (secondary N) is 2. The van der Waals surface area contributed by atoms with Crippen molar-refractivity contribution >= 4 is 46.3 Å². The topological polar surface area (TPSA) is 100 Å². The van der Waals surface area contributed by atoms with Crippen molar-refractivity contribution in [3.8, 4) is 11.3 Å². The number of hydrogen-bond acceptors (Lipinski definition) is 9. The number of imide groups is 1. The number of pyridine rings is 1. The van der Waals surface area contributed by atoms with Gasteiger partial charge in [0, 0.05) is 42.8 Å². The van der Waals surface area contributed by atoms with Crippen molar-refractivity contribution in [2.75, 3.05) is 18.0 Å². The standard InChI is InChI=1S/C23H22N6O2S2/c30-21-20(33-23(31)28-21)12-17-4-8-24-22(27-17)29-9-5-16(6-10-29)25-13-18-2-1-3-19(26-18)15-7-11-32-14-15/h1-4,7-8,11-12,14,16,25H,5-6,9-10,13H2,(H,28,30,31)/b20-12+. The Balaban J connectivity index is 1.16. The molecule has 2 N–H and O–H groups in total. The lowest BCUT2D eigenvalue weighted by molar-refractivity contribution is -0.115. The molecule has 0 aliphatic carbocycles. The van der Waals surface area contributed by atoms with Gasteiger partial charge in [-0.05, 0) is 60.3 Å². The first kappa shape index (κ1) is 21.7. The third-order valence-electron chi connectivity index (χ3n) is 5.56. The molecule has 0 aromatic carbocycles. The van der Waals surface area contributed by atoms with Crippen molar-refractivity contribution in [2.24, 2.45) is 0 Å². The first-order valence-corrected chi connectivity index (χ1v) is 12.4. The number of amides is 2. The maximum absolute atomic E-state index is 11.8. The minimum Gasteiger partial charge on any atom is -0.341 e. The summed E-state index contributed by atoms with van der Waals surface area (Å²) in [6, 6.07) is 10.4. The summed E-state index contributed by atoms with van der Waals surface area (Å²) in [7, 11) is 0. The molecule has 2 amide bonds. The second-order valence-electron chi connectivity index (χ2n) is 7.80. The van der Waals surface area contributed by atoms with Gasteiger partial charge in [0.05, 0.1) is 22.0 Å². The van der Waals surface area contributed by atoms with Gasteiger partial charge in [-0.25, -0.2) is 9.97 Å². The number of carbonyl (C=O) groups excluding carboxylic acids is 2. The Bertz CT molecular complexity index is 1190. The molecule has 3 aromatic rings. The molecule has 0 spiro atoms. The molecule has 5 heterocycles. The van der Waals surface area contributed by atoms with Crippen LogP contribution in [0, 0.1) is 0 Å². The van der Waals surface area contributed by atoms with E-state index >= 15 is 0 Å². The summed E-state index contributed by atoms with van der Waals surface area (Å²) < 4.78 is 0. The summed E-state index contributed by atoms with van der Waals surface area (Å²) in [6.07, 6.45) is 5.27. The molecule has 0 unspecified atom stereocenters. The molecule has 33 heavy (non-hydrogen) atoms. The highest BCUT2D eigenvalue weighted by Crippen LogP contribution is 2.26. The lowest BCUT2D eigenvalue weighted by atomic mass is 10.1. The highest BCUT2D eigenvalue weighted by Gasteiger charge is 2.25. The summed E-state index contributed by atoms with van der Waals surface area (Å²) in [5.74, 6) is 0.259. The van der Waals surface area contributed by atoms with E-state index in [1.54, 1.807) is 29.7 Å². The zero-order chi connectivity index (χ0) is 22.6. The van der Waals surface area contributed by atoms with Gasteiger partial charge in [0.25, 0.3) is 11.1 Å². The fraction of sp³-hybridized carbons (Fsp3) is 0.261. The van der Waals surface area contributed by atoms with Gasteiger partial charge < -0.3 is 10.2 Å². The fourth-order valence-corrected chi connectivity index (χ4v) is 5.15. The lowest BCUT2D eigenvalue weighted by Crippen LogP contribution is -2.43. The molecule has 2 aliphatic rings. The maximum atomic E-state index is 11.8. The summed E-state index contributed by atoms with van der Waals surface area (Å²) in [5.41, 5.74) is 3.82. The molecule has 2 aliphatic heterocycles. The molecular weight excluding hydrogens is 456 g/mol. The summed E-state index contributed by atoms with van der Waals surface area (Å²) >= 11 is 2.57. The van der Waals surface area contributed by atoms with E-state index in [9.17, 15) is 9.59 Å². The molecule has 3 aromatic heterocycles. The van der Waals surface area contributed by atoms with E-state index in [1.165, 1.54) is 0 Å². The number of thioether (sulfide) groups is 1. The van der Waals surface area contributed by atoms with Gasteiger partial charge >= 0.3 is 0 Å². The lowest BCUT2D eigenvalue weighted by Gasteiger charge is -2.32. The molecule has 0 bridgehead atoms. The van der Waals surface area contributed by atoms with Crippen LogP contribution in [0.2, 0.25) is 0 Å². The molecule has 168 valence electrons. The normalized spacial score (nSPS) is 18.2. The van der Waals surface area contributed by atoms with Gasteiger partial charge in [-0.15, -0.1) is 0 Å². The second kappa shape index (κ2) is 9.82. The van der Waals surface area contributed by atoms with Crippen LogP contribution in [0.5, 0.6) is 0 Å². The quantitative estimate of drug-likeness (QED) is 0.518. The Morgan fingerprint density at radius 3 is 2.79 bits per heavy atom. The van der Waals surface area contributed by atoms with Crippen molar-refractivity contribution in [3.05, 3.63) is 63.6 Å². The van der Waals surface area contributed by atoms with E-state index in [4.69, 9.17) is 4.98 Å². The van der Waals surface area contributed by atoms with Gasteiger partial charge in [0.15, 0.2) is 0 Å². The second-order valence-corrected chi connectivity index (χ2v) is 9.60. The van der Waals surface area contributed by atoms with Gasteiger partial charge in [-0.1, -0.05) is 6.07 Å². The fourth-order valence-electron chi connectivity index (χ4n) is 3.83. The first-order chi connectivity index (χ1) is 16.1. The minimum absolute atomic E-state index is 0.351. The van der Waals surface area contributed by atoms with Crippen molar-refractivity contribution in [1.82, 2.24) is 25.6 Å². The van der Waals surface area contributed by atoms with E-state index in [2.05, 4.69) is 54.5 Å². The van der Waals surface area contributed by atoms with E-state index in [0.29, 0.717) is 22.6 Å². The Hall–Kier alpha value is -3.08. The summed E-state index contributed by atoms with van der Waals surface area (Å²) in [4.78, 5) is 39.4. The van der Waals surface area contributed by atoms with Crippen molar-refractivity contribution < 1.29 is 9.59 Å². The maximum Gasteiger partial charge on any atom is 0.290 e. The van der Waals surface area contributed by atoms with Crippen LogP contribution in [0.15, 0.2) is 52.2 Å². The Labute approximate surface area is 199 Å². The Morgan fingerprint density at radius 2 is 2.03 bits per heavy atom. The Morgan fingerprint density at radius 1 is 1.15 bits per heavy atom. The highest BCUT2D eigenvalue weighted by atomic mass is 32.2. The van der Waals surface area contributed by atoms with Gasteiger partial charge in [-0.3, -0.25) is 19.9 Å². The van der Waals surface area contributed by atoms with Crippen LogP contribution in [0.4, 0.5) is 10.7 Å². The number of nitrogens with zero attached hydrogens (tertiary/aromatic N) is 4. The minimum atomic E-state index is -0.382. The SMILES string of the molecule is O=C1NC(=O)/C(=C\c2ccnc(N3CCC(NCc4cccc(-c5ccsc5)n4)CC3)n2)S1. The molecule has 2 saturated heterocycles. The third-order valence-corrected chi connectivity index (χ3v) is 7.05. The number of carbonyl (C=O) groups is 2. The van der Waals surface area contributed by atoms with Gasteiger partial charge in [0.2, 0.25) is 5.95 Å². The molecule has 5 rings (SSSR count).